The fraction of sp³-hybridized carbons (Fsp3) is 0.0588. The fourth-order valence-electron chi connectivity index (χ4n) is 2.30. The number of non-ortho nitro benzene ring substituents is 1. The van der Waals surface area contributed by atoms with E-state index in [2.05, 4.69) is 15.5 Å². The minimum Gasteiger partial charge on any atom is -0.348 e. The van der Waals surface area contributed by atoms with Crippen molar-refractivity contribution in [1.82, 2.24) is 15.5 Å². The van der Waals surface area contributed by atoms with Crippen molar-refractivity contribution in [2.45, 2.75) is 6.54 Å². The number of hydrogen-bond donors (Lipinski definition) is 2. The maximum atomic E-state index is 12.4. The van der Waals surface area contributed by atoms with Crippen LogP contribution in [0.25, 0.3) is 11.3 Å². The predicted octanol–water partition coefficient (Wildman–Crippen LogP) is 2.91. The highest BCUT2D eigenvalue weighted by atomic mass is 16.6. The molecule has 7 heteroatoms. The molecule has 0 radical (unpaired) electrons. The Kier molecular flexibility index (Phi) is 4.33. The Bertz CT molecular complexity index is 857. The van der Waals surface area contributed by atoms with Crippen LogP contribution in [-0.4, -0.2) is 21.0 Å². The van der Waals surface area contributed by atoms with Gasteiger partial charge in [-0.2, -0.15) is 5.10 Å². The van der Waals surface area contributed by atoms with Gasteiger partial charge in [-0.3, -0.25) is 20.0 Å². The minimum atomic E-state index is -0.468. The third kappa shape index (κ3) is 3.30. The van der Waals surface area contributed by atoms with E-state index in [1.165, 1.54) is 18.3 Å². The minimum absolute atomic E-state index is 0.00616. The summed E-state index contributed by atoms with van der Waals surface area (Å²) in [4.78, 5) is 22.6. The van der Waals surface area contributed by atoms with Crippen LogP contribution in [0.1, 0.15) is 15.9 Å². The molecular formula is C17H14N4O3. The van der Waals surface area contributed by atoms with Gasteiger partial charge < -0.3 is 5.32 Å². The first-order chi connectivity index (χ1) is 11.6. The molecule has 0 aliphatic heterocycles. The molecule has 24 heavy (non-hydrogen) atoms. The maximum absolute atomic E-state index is 12.4. The van der Waals surface area contributed by atoms with Crippen LogP contribution in [0.4, 0.5) is 5.69 Å². The summed E-state index contributed by atoms with van der Waals surface area (Å²) in [5, 5.41) is 20.2. The van der Waals surface area contributed by atoms with Crippen LogP contribution in [0.15, 0.2) is 60.8 Å². The molecule has 2 N–H and O–H groups in total. The van der Waals surface area contributed by atoms with E-state index in [9.17, 15) is 14.9 Å². The lowest BCUT2D eigenvalue weighted by atomic mass is 10.1. The molecule has 0 aliphatic carbocycles. The third-order valence-corrected chi connectivity index (χ3v) is 3.55. The van der Waals surface area contributed by atoms with Gasteiger partial charge in [0.05, 0.1) is 22.4 Å². The Balaban J connectivity index is 1.77. The van der Waals surface area contributed by atoms with Gasteiger partial charge in [0, 0.05) is 24.2 Å². The average molecular weight is 322 g/mol. The van der Waals surface area contributed by atoms with Crippen LogP contribution < -0.4 is 5.32 Å². The van der Waals surface area contributed by atoms with Crippen molar-refractivity contribution < 1.29 is 9.72 Å². The van der Waals surface area contributed by atoms with Crippen LogP contribution in [0.5, 0.6) is 0 Å². The standard InChI is InChI=1S/C17H14N4O3/c22-17(18-10-12-4-2-1-3-5-12)15-11-19-20-16(15)13-6-8-14(9-7-13)21(23)24/h1-9,11H,10H2,(H,18,22)(H,19,20). The Morgan fingerprint density at radius 3 is 2.50 bits per heavy atom. The predicted molar refractivity (Wildman–Crippen MR) is 88.3 cm³/mol. The van der Waals surface area contributed by atoms with Gasteiger partial charge in [-0.05, 0) is 17.7 Å². The van der Waals surface area contributed by atoms with Crippen LogP contribution in [-0.2, 0) is 6.54 Å². The summed E-state index contributed by atoms with van der Waals surface area (Å²) in [6.07, 6.45) is 1.44. The molecule has 1 aromatic heterocycles. The summed E-state index contributed by atoms with van der Waals surface area (Å²) >= 11 is 0. The second kappa shape index (κ2) is 6.74. The molecule has 1 heterocycles. The van der Waals surface area contributed by atoms with E-state index < -0.39 is 4.92 Å². The van der Waals surface area contributed by atoms with Crippen molar-refractivity contribution in [1.29, 1.82) is 0 Å². The SMILES string of the molecule is O=C(NCc1ccccc1)c1cn[nH]c1-c1ccc([N+](=O)[O-])cc1. The van der Waals surface area contributed by atoms with Gasteiger partial charge in [-0.15, -0.1) is 0 Å². The van der Waals surface area contributed by atoms with Crippen LogP contribution in [0.2, 0.25) is 0 Å². The number of nitrogens with zero attached hydrogens (tertiary/aromatic N) is 2. The molecule has 0 saturated heterocycles. The second-order valence-corrected chi connectivity index (χ2v) is 5.13. The van der Waals surface area contributed by atoms with E-state index in [0.29, 0.717) is 23.4 Å². The number of aromatic amines is 1. The van der Waals surface area contributed by atoms with Gasteiger partial charge in [0.2, 0.25) is 0 Å². The van der Waals surface area contributed by atoms with Crippen molar-refractivity contribution in [3.05, 3.63) is 82.0 Å². The highest BCUT2D eigenvalue weighted by Crippen LogP contribution is 2.23. The molecule has 0 atom stereocenters. The molecule has 7 nitrogen and oxygen atoms in total. The molecule has 0 unspecified atom stereocenters. The Hall–Kier alpha value is -3.48. The monoisotopic (exact) mass is 322 g/mol. The third-order valence-electron chi connectivity index (χ3n) is 3.55. The van der Waals surface area contributed by atoms with Gasteiger partial charge in [-0.1, -0.05) is 30.3 Å². The van der Waals surface area contributed by atoms with Crippen molar-refractivity contribution in [2.24, 2.45) is 0 Å². The van der Waals surface area contributed by atoms with E-state index in [1.807, 2.05) is 30.3 Å². The molecule has 0 saturated carbocycles. The second-order valence-electron chi connectivity index (χ2n) is 5.13. The summed E-state index contributed by atoms with van der Waals surface area (Å²) in [6.45, 7) is 0.407. The molecule has 1 amide bonds. The van der Waals surface area contributed by atoms with Crippen LogP contribution in [0.3, 0.4) is 0 Å². The van der Waals surface area contributed by atoms with Gasteiger partial charge >= 0.3 is 0 Å². The maximum Gasteiger partial charge on any atom is 0.269 e. The molecule has 0 bridgehead atoms. The number of nitro benzene ring substituents is 1. The molecule has 0 aliphatic rings. The Morgan fingerprint density at radius 2 is 1.83 bits per heavy atom. The number of nitro groups is 1. The highest BCUT2D eigenvalue weighted by Gasteiger charge is 2.16. The number of H-pyrrole nitrogens is 1. The molecule has 3 aromatic rings. The van der Waals surface area contributed by atoms with Crippen molar-refractivity contribution in [2.75, 3.05) is 0 Å². The average Bonchev–Trinajstić information content (AvgIpc) is 3.10. The Morgan fingerprint density at radius 1 is 1.12 bits per heavy atom. The smallest absolute Gasteiger partial charge is 0.269 e. The number of rotatable bonds is 5. The Labute approximate surface area is 137 Å². The van der Waals surface area contributed by atoms with Gasteiger partial charge in [0.15, 0.2) is 0 Å². The zero-order valence-electron chi connectivity index (χ0n) is 12.6. The summed E-state index contributed by atoms with van der Waals surface area (Å²) in [7, 11) is 0. The summed E-state index contributed by atoms with van der Waals surface area (Å²) < 4.78 is 0. The lowest BCUT2D eigenvalue weighted by Crippen LogP contribution is -2.22. The van der Waals surface area contributed by atoms with Gasteiger partial charge in [0.1, 0.15) is 0 Å². The van der Waals surface area contributed by atoms with E-state index in [1.54, 1.807) is 12.1 Å². The fourth-order valence-corrected chi connectivity index (χ4v) is 2.30. The lowest BCUT2D eigenvalue weighted by molar-refractivity contribution is -0.384. The van der Waals surface area contributed by atoms with Crippen LogP contribution in [0, 0.1) is 10.1 Å². The quantitative estimate of drug-likeness (QED) is 0.557. The van der Waals surface area contributed by atoms with Crippen molar-refractivity contribution in [3.63, 3.8) is 0 Å². The molecule has 120 valence electrons. The normalized spacial score (nSPS) is 10.3. The van der Waals surface area contributed by atoms with E-state index >= 15 is 0 Å². The zero-order valence-corrected chi connectivity index (χ0v) is 12.6. The van der Waals surface area contributed by atoms with Crippen molar-refractivity contribution >= 4 is 11.6 Å². The highest BCUT2D eigenvalue weighted by molar-refractivity contribution is 5.99. The largest absolute Gasteiger partial charge is 0.348 e. The van der Waals surface area contributed by atoms with Crippen molar-refractivity contribution in [3.8, 4) is 11.3 Å². The topological polar surface area (TPSA) is 101 Å². The van der Waals surface area contributed by atoms with Crippen LogP contribution >= 0.6 is 0 Å². The summed E-state index contributed by atoms with van der Waals surface area (Å²) in [5.74, 6) is -0.263. The number of aromatic nitrogens is 2. The van der Waals surface area contributed by atoms with Gasteiger partial charge in [-0.25, -0.2) is 0 Å². The van der Waals surface area contributed by atoms with E-state index in [-0.39, 0.29) is 11.6 Å². The number of carbonyl (C=O) groups is 1. The number of benzene rings is 2. The van der Waals surface area contributed by atoms with E-state index in [4.69, 9.17) is 0 Å². The first-order valence-electron chi connectivity index (χ1n) is 7.25. The molecule has 3 rings (SSSR count). The first-order valence-corrected chi connectivity index (χ1v) is 7.25. The lowest BCUT2D eigenvalue weighted by Gasteiger charge is -2.06. The number of hydrogen-bond acceptors (Lipinski definition) is 4. The molecule has 0 fully saturated rings. The van der Waals surface area contributed by atoms with Gasteiger partial charge in [0.25, 0.3) is 11.6 Å². The molecule has 0 spiro atoms. The number of amides is 1. The van der Waals surface area contributed by atoms with E-state index in [0.717, 1.165) is 5.56 Å². The number of carbonyl (C=O) groups excluding carboxylic acids is 1. The summed E-state index contributed by atoms with van der Waals surface area (Å²) in [6, 6.07) is 15.5. The molecular weight excluding hydrogens is 308 g/mol. The molecule has 2 aromatic carbocycles. The first kappa shape index (κ1) is 15.4. The zero-order chi connectivity index (χ0) is 16.9. The number of nitrogens with one attached hydrogen (secondary N) is 2. The summed E-state index contributed by atoms with van der Waals surface area (Å²) in [5.41, 5.74) is 2.55.